The zero-order valence-electron chi connectivity index (χ0n) is 12.7. The largest absolute Gasteiger partial charge is 0.381 e. The van der Waals surface area contributed by atoms with E-state index in [4.69, 9.17) is 4.74 Å². The van der Waals surface area contributed by atoms with Crippen molar-refractivity contribution in [2.45, 2.75) is 18.9 Å². The molecule has 1 aromatic heterocycles. The van der Waals surface area contributed by atoms with E-state index in [1.807, 2.05) is 0 Å². The molecule has 0 spiro atoms. The van der Waals surface area contributed by atoms with Crippen LogP contribution in [0.1, 0.15) is 23.2 Å². The highest BCUT2D eigenvalue weighted by Gasteiger charge is 2.32. The maximum Gasteiger partial charge on any atom is 0.265 e. The molecule has 1 aliphatic rings. The molecular weight excluding hydrogens is 321 g/mol. The smallest absolute Gasteiger partial charge is 0.265 e. The Morgan fingerprint density at radius 2 is 1.75 bits per heavy atom. The SMILES string of the molecule is O=C(c1c(F)cccc1F)N(c1ccc(F)cn1)C1CCOCC1. The number of carbonyl (C=O) groups excluding carboxylic acids is 1. The van der Waals surface area contributed by atoms with Crippen LogP contribution in [-0.2, 0) is 4.74 Å². The Kier molecular flexibility index (Phi) is 4.80. The first-order valence-corrected chi connectivity index (χ1v) is 7.55. The molecule has 0 N–H and O–H groups in total. The van der Waals surface area contributed by atoms with Crippen molar-refractivity contribution < 1.29 is 22.7 Å². The highest BCUT2D eigenvalue weighted by molar-refractivity contribution is 6.06. The second-order valence-corrected chi connectivity index (χ2v) is 5.45. The summed E-state index contributed by atoms with van der Waals surface area (Å²) < 4.78 is 46.4. The Morgan fingerprint density at radius 1 is 1.08 bits per heavy atom. The van der Waals surface area contributed by atoms with Gasteiger partial charge in [0.1, 0.15) is 28.8 Å². The molecule has 1 fully saturated rings. The maximum absolute atomic E-state index is 14.0. The van der Waals surface area contributed by atoms with Crippen LogP contribution in [0.15, 0.2) is 36.5 Å². The number of hydrogen-bond acceptors (Lipinski definition) is 3. The average Bonchev–Trinajstić information content (AvgIpc) is 2.58. The fourth-order valence-corrected chi connectivity index (χ4v) is 2.73. The number of anilines is 1. The monoisotopic (exact) mass is 336 g/mol. The van der Waals surface area contributed by atoms with Crippen molar-refractivity contribution in [1.82, 2.24) is 4.98 Å². The van der Waals surface area contributed by atoms with Crippen LogP contribution in [-0.4, -0.2) is 30.1 Å². The van der Waals surface area contributed by atoms with E-state index in [0.717, 1.165) is 24.4 Å². The number of nitrogens with zero attached hydrogens (tertiary/aromatic N) is 2. The van der Waals surface area contributed by atoms with E-state index in [1.165, 1.54) is 17.0 Å². The summed E-state index contributed by atoms with van der Waals surface area (Å²) >= 11 is 0. The highest BCUT2D eigenvalue weighted by atomic mass is 19.1. The van der Waals surface area contributed by atoms with Crippen molar-refractivity contribution in [1.29, 1.82) is 0 Å². The molecule has 1 aliphatic heterocycles. The predicted molar refractivity (Wildman–Crippen MR) is 81.2 cm³/mol. The third-order valence-corrected chi connectivity index (χ3v) is 3.91. The number of ether oxygens (including phenoxy) is 1. The summed E-state index contributed by atoms with van der Waals surface area (Å²) in [5.41, 5.74) is -0.643. The molecule has 7 heteroatoms. The van der Waals surface area contributed by atoms with Gasteiger partial charge in [-0.2, -0.15) is 0 Å². The lowest BCUT2D eigenvalue weighted by Gasteiger charge is -2.33. The lowest BCUT2D eigenvalue weighted by atomic mass is 10.0. The van der Waals surface area contributed by atoms with Crippen LogP contribution in [0.2, 0.25) is 0 Å². The summed E-state index contributed by atoms with van der Waals surface area (Å²) in [4.78, 5) is 18.0. The van der Waals surface area contributed by atoms with Crippen LogP contribution >= 0.6 is 0 Å². The van der Waals surface area contributed by atoms with Crippen LogP contribution in [0.3, 0.4) is 0 Å². The molecule has 3 rings (SSSR count). The minimum absolute atomic E-state index is 0.149. The highest BCUT2D eigenvalue weighted by Crippen LogP contribution is 2.25. The van der Waals surface area contributed by atoms with E-state index in [9.17, 15) is 18.0 Å². The summed E-state index contributed by atoms with van der Waals surface area (Å²) in [5, 5.41) is 0. The van der Waals surface area contributed by atoms with Gasteiger partial charge in [-0.15, -0.1) is 0 Å². The van der Waals surface area contributed by atoms with Gasteiger partial charge in [0, 0.05) is 19.3 Å². The third kappa shape index (κ3) is 3.26. The van der Waals surface area contributed by atoms with E-state index >= 15 is 0 Å². The Balaban J connectivity index is 2.03. The molecule has 2 aromatic rings. The van der Waals surface area contributed by atoms with Gasteiger partial charge in [-0.25, -0.2) is 18.2 Å². The zero-order valence-corrected chi connectivity index (χ0v) is 12.7. The number of aromatic nitrogens is 1. The van der Waals surface area contributed by atoms with Crippen molar-refractivity contribution in [2.24, 2.45) is 0 Å². The normalized spacial score (nSPS) is 15.3. The Morgan fingerprint density at radius 3 is 2.33 bits per heavy atom. The number of amides is 1. The van der Waals surface area contributed by atoms with Crippen LogP contribution in [0.5, 0.6) is 0 Å². The number of rotatable bonds is 3. The number of halogens is 3. The summed E-state index contributed by atoms with van der Waals surface area (Å²) in [6.45, 7) is 0.852. The molecule has 0 radical (unpaired) electrons. The molecule has 24 heavy (non-hydrogen) atoms. The molecule has 2 heterocycles. The number of pyridine rings is 1. The van der Waals surface area contributed by atoms with Gasteiger partial charge >= 0.3 is 0 Å². The molecule has 0 bridgehead atoms. The van der Waals surface area contributed by atoms with Gasteiger partial charge in [-0.3, -0.25) is 9.69 Å². The molecule has 1 amide bonds. The second kappa shape index (κ2) is 7.00. The van der Waals surface area contributed by atoms with E-state index < -0.39 is 28.9 Å². The van der Waals surface area contributed by atoms with Crippen LogP contribution < -0.4 is 4.90 Å². The number of benzene rings is 1. The van der Waals surface area contributed by atoms with Crippen molar-refractivity contribution in [3.8, 4) is 0 Å². The van der Waals surface area contributed by atoms with E-state index in [-0.39, 0.29) is 11.9 Å². The first kappa shape index (κ1) is 16.4. The second-order valence-electron chi connectivity index (χ2n) is 5.45. The summed E-state index contributed by atoms with van der Waals surface area (Å²) in [5.74, 6) is -3.14. The molecule has 1 aromatic carbocycles. The molecule has 0 aliphatic carbocycles. The van der Waals surface area contributed by atoms with Crippen molar-refractivity contribution in [2.75, 3.05) is 18.1 Å². The molecule has 4 nitrogen and oxygen atoms in total. The zero-order chi connectivity index (χ0) is 17.1. The fourth-order valence-electron chi connectivity index (χ4n) is 2.73. The van der Waals surface area contributed by atoms with E-state index in [1.54, 1.807) is 0 Å². The average molecular weight is 336 g/mol. The van der Waals surface area contributed by atoms with Crippen LogP contribution in [0, 0.1) is 17.5 Å². The van der Waals surface area contributed by atoms with E-state index in [0.29, 0.717) is 26.1 Å². The van der Waals surface area contributed by atoms with Gasteiger partial charge < -0.3 is 4.74 Å². The van der Waals surface area contributed by atoms with Crippen molar-refractivity contribution >= 4 is 11.7 Å². The standard InChI is InChI=1S/C17H15F3N2O2/c18-11-4-5-15(21-10-11)22(12-6-8-24-9-7-12)17(23)16-13(19)2-1-3-14(16)20/h1-5,10,12H,6-9H2. The molecule has 0 atom stereocenters. The quantitative estimate of drug-likeness (QED) is 0.863. The van der Waals surface area contributed by atoms with Gasteiger partial charge in [-0.05, 0) is 37.1 Å². The lowest BCUT2D eigenvalue weighted by molar-refractivity contribution is 0.0767. The molecule has 0 unspecified atom stereocenters. The Bertz CT molecular complexity index is 711. The number of carbonyl (C=O) groups is 1. The fraction of sp³-hybridized carbons (Fsp3) is 0.294. The number of hydrogen-bond donors (Lipinski definition) is 0. The topological polar surface area (TPSA) is 42.4 Å². The van der Waals surface area contributed by atoms with Crippen molar-refractivity contribution in [3.63, 3.8) is 0 Å². The minimum atomic E-state index is -0.945. The molecular formula is C17H15F3N2O2. The van der Waals surface area contributed by atoms with Crippen LogP contribution in [0.4, 0.5) is 19.0 Å². The Labute approximate surface area is 136 Å². The predicted octanol–water partition coefficient (Wildman–Crippen LogP) is 3.32. The van der Waals surface area contributed by atoms with E-state index in [2.05, 4.69) is 4.98 Å². The first-order chi connectivity index (χ1) is 11.6. The van der Waals surface area contributed by atoms with Gasteiger partial charge in [-0.1, -0.05) is 6.07 Å². The minimum Gasteiger partial charge on any atom is -0.381 e. The summed E-state index contributed by atoms with van der Waals surface area (Å²) in [6.07, 6.45) is 1.97. The summed E-state index contributed by atoms with van der Waals surface area (Å²) in [6, 6.07) is 5.38. The molecule has 0 saturated carbocycles. The van der Waals surface area contributed by atoms with Crippen LogP contribution in [0.25, 0.3) is 0 Å². The van der Waals surface area contributed by atoms with Gasteiger partial charge in [0.25, 0.3) is 5.91 Å². The van der Waals surface area contributed by atoms with Gasteiger partial charge in [0.2, 0.25) is 0 Å². The lowest BCUT2D eigenvalue weighted by Crippen LogP contribution is -2.44. The third-order valence-electron chi connectivity index (χ3n) is 3.91. The molecule has 1 saturated heterocycles. The maximum atomic E-state index is 14.0. The van der Waals surface area contributed by atoms with Crippen molar-refractivity contribution in [3.05, 3.63) is 59.5 Å². The first-order valence-electron chi connectivity index (χ1n) is 7.55. The Hall–Kier alpha value is -2.41. The van der Waals surface area contributed by atoms with Gasteiger partial charge in [0.05, 0.1) is 6.20 Å². The summed E-state index contributed by atoms with van der Waals surface area (Å²) in [7, 11) is 0. The molecule has 126 valence electrons. The van der Waals surface area contributed by atoms with Gasteiger partial charge in [0.15, 0.2) is 0 Å².